The molecular weight excluding hydrogens is 452 g/mol. The van der Waals surface area contributed by atoms with E-state index in [1.54, 1.807) is 24.4 Å². The number of carbonyl (C=O) groups is 1. The molecule has 0 radical (unpaired) electrons. The van der Waals surface area contributed by atoms with E-state index in [1.165, 1.54) is 0 Å². The van der Waals surface area contributed by atoms with Crippen LogP contribution in [-0.4, -0.2) is 42.3 Å². The zero-order valence-electron chi connectivity index (χ0n) is 16.6. The molecule has 30 heavy (non-hydrogen) atoms. The standard InChI is InChI=1S/C21H21BrN4O4/c1-19(2)20(9-28-10-20)21(11-29-18(23)26-21)14-7-13(4-6-16(14)30-19)25-17(27)15-5-3-12(22)8-24-15/h3-8H,9-11H2,1-2H3,(H2,23,26)(H,25,27)/t21-/m1/s1. The molecule has 9 heteroatoms. The molecule has 1 aromatic carbocycles. The van der Waals surface area contributed by atoms with Gasteiger partial charge in [-0.15, -0.1) is 0 Å². The van der Waals surface area contributed by atoms with Crippen molar-refractivity contribution in [3.8, 4) is 5.75 Å². The second-order valence-electron chi connectivity index (χ2n) is 8.31. The molecule has 1 aromatic heterocycles. The Balaban J connectivity index is 1.56. The topological polar surface area (TPSA) is 108 Å². The molecule has 0 bridgehead atoms. The van der Waals surface area contributed by atoms with Crippen LogP contribution in [-0.2, 0) is 15.0 Å². The van der Waals surface area contributed by atoms with Gasteiger partial charge in [-0.05, 0) is 60.1 Å². The Kier molecular flexibility index (Phi) is 4.14. The largest absolute Gasteiger partial charge is 0.487 e. The van der Waals surface area contributed by atoms with E-state index < -0.39 is 16.6 Å². The predicted octanol–water partition coefficient (Wildman–Crippen LogP) is 2.82. The van der Waals surface area contributed by atoms with Gasteiger partial charge in [0.1, 0.15) is 29.2 Å². The number of rotatable bonds is 2. The fraction of sp³-hybridized carbons (Fsp3) is 0.381. The van der Waals surface area contributed by atoms with Crippen LogP contribution in [0.15, 0.2) is 46.0 Å². The van der Waals surface area contributed by atoms with E-state index in [0.29, 0.717) is 37.0 Å². The summed E-state index contributed by atoms with van der Waals surface area (Å²) < 4.78 is 18.5. The Morgan fingerprint density at radius 2 is 2.00 bits per heavy atom. The maximum Gasteiger partial charge on any atom is 0.283 e. The van der Waals surface area contributed by atoms with Crippen LogP contribution < -0.4 is 15.8 Å². The van der Waals surface area contributed by atoms with Crippen LogP contribution in [0.1, 0.15) is 29.9 Å². The molecule has 2 spiro atoms. The van der Waals surface area contributed by atoms with Gasteiger partial charge in [-0.1, -0.05) is 0 Å². The number of aliphatic imine (C=N–C) groups is 1. The number of carbonyl (C=O) groups excluding carboxylic acids is 1. The molecule has 0 saturated carbocycles. The second kappa shape index (κ2) is 6.42. The zero-order valence-corrected chi connectivity index (χ0v) is 18.2. The number of hydrogen-bond donors (Lipinski definition) is 2. The number of nitrogens with one attached hydrogen (secondary N) is 1. The highest BCUT2D eigenvalue weighted by molar-refractivity contribution is 9.10. The number of halogens is 1. The molecule has 8 nitrogen and oxygen atoms in total. The average molecular weight is 473 g/mol. The van der Waals surface area contributed by atoms with Crippen LogP contribution in [0.3, 0.4) is 0 Å². The summed E-state index contributed by atoms with van der Waals surface area (Å²) in [5, 5.41) is 2.91. The van der Waals surface area contributed by atoms with Gasteiger partial charge >= 0.3 is 0 Å². The first-order chi connectivity index (χ1) is 14.3. The SMILES string of the molecule is CC1(C)Oc2ccc(NC(=O)c3ccc(Br)cn3)cc2[C@]2(COC(N)=N2)C12COC2. The highest BCUT2D eigenvalue weighted by Gasteiger charge is 2.71. The summed E-state index contributed by atoms with van der Waals surface area (Å²) in [5.41, 5.74) is 6.00. The van der Waals surface area contributed by atoms with E-state index in [9.17, 15) is 4.79 Å². The Morgan fingerprint density at radius 1 is 1.20 bits per heavy atom. The third-order valence-corrected chi connectivity index (χ3v) is 6.85. The zero-order chi connectivity index (χ0) is 21.1. The molecule has 0 unspecified atom stereocenters. The highest BCUT2D eigenvalue weighted by Crippen LogP contribution is 2.62. The third kappa shape index (κ3) is 2.58. The van der Waals surface area contributed by atoms with Gasteiger partial charge in [0, 0.05) is 21.9 Å². The normalized spacial score (nSPS) is 25.0. The van der Waals surface area contributed by atoms with Gasteiger partial charge in [0.15, 0.2) is 0 Å². The minimum absolute atomic E-state index is 0.151. The number of hydrogen-bond acceptors (Lipinski definition) is 7. The summed E-state index contributed by atoms with van der Waals surface area (Å²) >= 11 is 3.32. The summed E-state index contributed by atoms with van der Waals surface area (Å²) in [6.45, 7) is 5.35. The van der Waals surface area contributed by atoms with Crippen molar-refractivity contribution in [2.75, 3.05) is 25.1 Å². The Bertz CT molecular complexity index is 1070. The molecule has 1 atom stereocenters. The van der Waals surface area contributed by atoms with Crippen molar-refractivity contribution in [2.24, 2.45) is 16.1 Å². The number of anilines is 1. The van der Waals surface area contributed by atoms with Crippen LogP contribution in [0.4, 0.5) is 5.69 Å². The number of amidine groups is 1. The van der Waals surface area contributed by atoms with E-state index in [-0.39, 0.29) is 11.9 Å². The summed E-state index contributed by atoms with van der Waals surface area (Å²) in [6.07, 6.45) is 1.58. The summed E-state index contributed by atoms with van der Waals surface area (Å²) in [4.78, 5) is 21.6. The summed E-state index contributed by atoms with van der Waals surface area (Å²) in [6, 6.07) is 9.11. The molecule has 156 valence electrons. The van der Waals surface area contributed by atoms with Gasteiger partial charge in [-0.2, -0.15) is 0 Å². The molecule has 0 aliphatic carbocycles. The maximum atomic E-state index is 12.6. The molecular formula is C21H21BrN4O4. The smallest absolute Gasteiger partial charge is 0.283 e. The first-order valence-electron chi connectivity index (χ1n) is 9.59. The molecule has 5 rings (SSSR count). The van der Waals surface area contributed by atoms with Crippen LogP contribution in [0.2, 0.25) is 0 Å². The van der Waals surface area contributed by atoms with E-state index in [2.05, 4.69) is 26.2 Å². The number of ether oxygens (including phenoxy) is 3. The van der Waals surface area contributed by atoms with E-state index in [4.69, 9.17) is 24.9 Å². The first-order valence-corrected chi connectivity index (χ1v) is 10.4. The van der Waals surface area contributed by atoms with Gasteiger partial charge in [-0.3, -0.25) is 4.79 Å². The quantitative estimate of drug-likeness (QED) is 0.695. The van der Waals surface area contributed by atoms with Crippen molar-refractivity contribution in [2.45, 2.75) is 25.0 Å². The van der Waals surface area contributed by atoms with Crippen LogP contribution >= 0.6 is 15.9 Å². The molecule has 3 aliphatic rings. The minimum Gasteiger partial charge on any atom is -0.487 e. The van der Waals surface area contributed by atoms with Gasteiger partial charge in [-0.25, -0.2) is 9.98 Å². The van der Waals surface area contributed by atoms with E-state index in [1.807, 2.05) is 26.0 Å². The molecule has 4 heterocycles. The summed E-state index contributed by atoms with van der Waals surface area (Å²) in [7, 11) is 0. The number of nitrogens with zero attached hydrogens (tertiary/aromatic N) is 2. The first kappa shape index (κ1) is 19.3. The van der Waals surface area contributed by atoms with Crippen molar-refractivity contribution < 1.29 is 19.0 Å². The van der Waals surface area contributed by atoms with Crippen molar-refractivity contribution in [3.63, 3.8) is 0 Å². The number of benzene rings is 1. The Labute approximate surface area is 181 Å². The van der Waals surface area contributed by atoms with Crippen molar-refractivity contribution in [3.05, 3.63) is 52.3 Å². The molecule has 2 aromatic rings. The minimum atomic E-state index is -0.747. The second-order valence-corrected chi connectivity index (χ2v) is 9.23. The Morgan fingerprint density at radius 3 is 2.60 bits per heavy atom. The van der Waals surface area contributed by atoms with Crippen LogP contribution in [0, 0.1) is 5.41 Å². The lowest BCUT2D eigenvalue weighted by Gasteiger charge is -2.61. The molecule has 3 aliphatic heterocycles. The average Bonchev–Trinajstić information content (AvgIpc) is 3.03. The van der Waals surface area contributed by atoms with Gasteiger partial charge in [0.2, 0.25) is 0 Å². The van der Waals surface area contributed by atoms with Crippen LogP contribution in [0.5, 0.6) is 5.75 Å². The van der Waals surface area contributed by atoms with Crippen molar-refractivity contribution in [1.82, 2.24) is 4.98 Å². The van der Waals surface area contributed by atoms with Crippen LogP contribution in [0.25, 0.3) is 0 Å². The fourth-order valence-electron chi connectivity index (χ4n) is 4.56. The third-order valence-electron chi connectivity index (χ3n) is 6.38. The highest BCUT2D eigenvalue weighted by atomic mass is 79.9. The lowest BCUT2D eigenvalue weighted by atomic mass is 9.55. The monoisotopic (exact) mass is 472 g/mol. The van der Waals surface area contributed by atoms with Gasteiger partial charge in [0.05, 0.1) is 18.6 Å². The van der Waals surface area contributed by atoms with E-state index in [0.717, 1.165) is 10.0 Å². The van der Waals surface area contributed by atoms with Gasteiger partial charge in [0.25, 0.3) is 11.9 Å². The lowest BCUT2D eigenvalue weighted by Crippen LogP contribution is -2.71. The number of pyridine rings is 1. The number of nitrogens with two attached hydrogens (primary N) is 1. The number of amides is 1. The molecule has 1 fully saturated rings. The molecule has 1 saturated heterocycles. The van der Waals surface area contributed by atoms with Crippen molar-refractivity contribution in [1.29, 1.82) is 0 Å². The fourth-order valence-corrected chi connectivity index (χ4v) is 4.79. The number of aromatic nitrogens is 1. The molecule has 3 N–H and O–H groups in total. The van der Waals surface area contributed by atoms with E-state index >= 15 is 0 Å². The van der Waals surface area contributed by atoms with Gasteiger partial charge < -0.3 is 25.3 Å². The predicted molar refractivity (Wildman–Crippen MR) is 114 cm³/mol. The lowest BCUT2D eigenvalue weighted by molar-refractivity contribution is -0.247. The van der Waals surface area contributed by atoms with Crippen molar-refractivity contribution >= 4 is 33.5 Å². The maximum absolute atomic E-state index is 12.6. The number of fused-ring (bicyclic) bond motifs is 3. The Hall–Kier alpha value is -2.65. The molecule has 1 amide bonds. The summed E-state index contributed by atoms with van der Waals surface area (Å²) in [5.74, 6) is 0.389.